The quantitative estimate of drug-likeness (QED) is 0.543. The van der Waals surface area contributed by atoms with Gasteiger partial charge in [-0.15, -0.1) is 0 Å². The summed E-state index contributed by atoms with van der Waals surface area (Å²) in [5.74, 6) is 2.76. The lowest BCUT2D eigenvalue weighted by atomic mass is 9.72. The third-order valence-corrected chi connectivity index (χ3v) is 6.82. The van der Waals surface area contributed by atoms with Gasteiger partial charge in [0.05, 0.1) is 12.7 Å². The van der Waals surface area contributed by atoms with Crippen LogP contribution in [0.15, 0.2) is 24.3 Å². The van der Waals surface area contributed by atoms with Crippen LogP contribution in [0.2, 0.25) is 0 Å². The maximum atomic E-state index is 6.05. The van der Waals surface area contributed by atoms with E-state index < -0.39 is 0 Å². The molecule has 0 radical (unpaired) electrons. The first-order valence-electron chi connectivity index (χ1n) is 11.0. The minimum atomic E-state index is 0.552. The molecule has 1 aromatic carbocycles. The average Bonchev–Trinajstić information content (AvgIpc) is 2.68. The molecule has 2 aliphatic rings. The molecule has 1 aliphatic carbocycles. The summed E-state index contributed by atoms with van der Waals surface area (Å²) in [5.41, 5.74) is 3.03. The van der Waals surface area contributed by atoms with Gasteiger partial charge in [0.1, 0.15) is 0 Å². The summed E-state index contributed by atoms with van der Waals surface area (Å²) in [5, 5.41) is 0. The summed E-state index contributed by atoms with van der Waals surface area (Å²) >= 11 is 0. The van der Waals surface area contributed by atoms with Gasteiger partial charge in [0.15, 0.2) is 0 Å². The Morgan fingerprint density at radius 3 is 2.00 bits per heavy atom. The first-order valence-corrected chi connectivity index (χ1v) is 11.0. The molecule has 1 nitrogen and oxygen atoms in total. The van der Waals surface area contributed by atoms with Crippen LogP contribution in [0.4, 0.5) is 0 Å². The molecule has 0 bridgehead atoms. The van der Waals surface area contributed by atoms with E-state index in [0.29, 0.717) is 6.10 Å². The average molecular weight is 343 g/mol. The van der Waals surface area contributed by atoms with E-state index in [0.717, 1.165) is 24.4 Å². The maximum absolute atomic E-state index is 6.05. The topological polar surface area (TPSA) is 9.23 Å². The van der Waals surface area contributed by atoms with Gasteiger partial charge in [-0.2, -0.15) is 0 Å². The predicted molar refractivity (Wildman–Crippen MR) is 107 cm³/mol. The number of ether oxygens (including phenoxy) is 1. The van der Waals surface area contributed by atoms with Crippen molar-refractivity contribution in [2.75, 3.05) is 6.61 Å². The molecule has 0 aromatic heterocycles. The number of rotatable bonds is 7. The van der Waals surface area contributed by atoms with Crippen molar-refractivity contribution in [3.05, 3.63) is 35.4 Å². The molecule has 3 rings (SSSR count). The van der Waals surface area contributed by atoms with Crippen LogP contribution in [-0.2, 0) is 17.6 Å². The van der Waals surface area contributed by atoms with Gasteiger partial charge in [0, 0.05) is 0 Å². The third-order valence-electron chi connectivity index (χ3n) is 6.82. The van der Waals surface area contributed by atoms with Crippen LogP contribution in [0.5, 0.6) is 0 Å². The number of aryl methyl sites for hydroxylation is 2. The van der Waals surface area contributed by atoms with E-state index in [1.54, 1.807) is 0 Å². The monoisotopic (exact) mass is 342 g/mol. The summed E-state index contributed by atoms with van der Waals surface area (Å²) in [6.07, 6.45) is 15.4. The number of benzene rings is 1. The van der Waals surface area contributed by atoms with Crippen LogP contribution in [0.1, 0.15) is 82.8 Å². The van der Waals surface area contributed by atoms with Crippen molar-refractivity contribution in [1.29, 1.82) is 0 Å². The molecule has 1 aliphatic heterocycles. The Kier molecular flexibility index (Phi) is 7.40. The lowest BCUT2D eigenvalue weighted by molar-refractivity contribution is -0.0399. The highest BCUT2D eigenvalue weighted by Gasteiger charge is 2.30. The van der Waals surface area contributed by atoms with Crippen molar-refractivity contribution < 1.29 is 4.74 Å². The molecule has 1 saturated carbocycles. The minimum Gasteiger partial charge on any atom is -0.378 e. The van der Waals surface area contributed by atoms with Gasteiger partial charge in [0.25, 0.3) is 0 Å². The molecule has 0 N–H and O–H groups in total. The smallest absolute Gasteiger partial charge is 0.0572 e. The molecule has 1 aromatic rings. The zero-order valence-electron chi connectivity index (χ0n) is 16.5. The van der Waals surface area contributed by atoms with E-state index in [4.69, 9.17) is 4.74 Å². The Labute approximate surface area is 155 Å². The molecule has 0 spiro atoms. The van der Waals surface area contributed by atoms with Crippen molar-refractivity contribution in [3.8, 4) is 0 Å². The van der Waals surface area contributed by atoms with Crippen LogP contribution < -0.4 is 0 Å². The first-order chi connectivity index (χ1) is 12.3. The highest BCUT2D eigenvalue weighted by Crippen LogP contribution is 2.39. The van der Waals surface area contributed by atoms with E-state index >= 15 is 0 Å². The van der Waals surface area contributed by atoms with E-state index in [2.05, 4.69) is 38.1 Å². The van der Waals surface area contributed by atoms with E-state index in [1.165, 1.54) is 81.8 Å². The Morgan fingerprint density at radius 2 is 1.44 bits per heavy atom. The zero-order valence-corrected chi connectivity index (χ0v) is 16.5. The molecule has 1 heteroatoms. The van der Waals surface area contributed by atoms with Crippen molar-refractivity contribution in [2.45, 2.75) is 90.6 Å². The summed E-state index contributed by atoms with van der Waals surface area (Å²) in [4.78, 5) is 0. The second kappa shape index (κ2) is 9.76. The summed E-state index contributed by atoms with van der Waals surface area (Å²) < 4.78 is 6.05. The summed E-state index contributed by atoms with van der Waals surface area (Å²) in [6, 6.07) is 9.39. The van der Waals surface area contributed by atoms with Crippen LogP contribution in [0.25, 0.3) is 0 Å². The van der Waals surface area contributed by atoms with Gasteiger partial charge in [-0.25, -0.2) is 0 Å². The van der Waals surface area contributed by atoms with Crippen molar-refractivity contribution in [3.63, 3.8) is 0 Å². The summed E-state index contributed by atoms with van der Waals surface area (Å²) in [7, 11) is 0. The van der Waals surface area contributed by atoms with E-state index in [9.17, 15) is 0 Å². The fourth-order valence-electron chi connectivity index (χ4n) is 5.00. The Bertz CT molecular complexity index is 475. The van der Waals surface area contributed by atoms with E-state index in [1.807, 2.05) is 0 Å². The molecule has 2 atom stereocenters. The van der Waals surface area contributed by atoms with Crippen LogP contribution in [-0.4, -0.2) is 12.7 Å². The standard InChI is InChI=1S/C24H38O/c1-3-5-19-6-8-20(9-7-19)10-11-21-12-14-22(15-13-21)23-16-17-24(4-2)25-18-23/h6-9,21-24H,3-5,10-18H2,1-2H3. The lowest BCUT2D eigenvalue weighted by Crippen LogP contribution is -2.32. The minimum absolute atomic E-state index is 0.552. The molecule has 2 fully saturated rings. The van der Waals surface area contributed by atoms with Crippen molar-refractivity contribution >= 4 is 0 Å². The summed E-state index contributed by atoms with van der Waals surface area (Å²) in [6.45, 7) is 5.55. The Morgan fingerprint density at radius 1 is 0.800 bits per heavy atom. The molecule has 25 heavy (non-hydrogen) atoms. The fraction of sp³-hybridized carbons (Fsp3) is 0.750. The largest absolute Gasteiger partial charge is 0.378 e. The molecule has 0 amide bonds. The van der Waals surface area contributed by atoms with E-state index in [-0.39, 0.29) is 0 Å². The SMILES string of the molecule is CCCc1ccc(CCC2CCC(C3CCC(CC)OC3)CC2)cc1. The maximum Gasteiger partial charge on any atom is 0.0572 e. The fourth-order valence-corrected chi connectivity index (χ4v) is 5.00. The van der Waals surface area contributed by atoms with Gasteiger partial charge >= 0.3 is 0 Å². The first kappa shape index (κ1) is 19.0. The molecule has 140 valence electrons. The predicted octanol–water partition coefficient (Wildman–Crippen LogP) is 6.58. The van der Waals surface area contributed by atoms with Crippen molar-refractivity contribution in [2.24, 2.45) is 17.8 Å². The number of hydrogen-bond donors (Lipinski definition) is 0. The molecular weight excluding hydrogens is 304 g/mol. The van der Waals surface area contributed by atoms with Gasteiger partial charge in [-0.05, 0) is 80.2 Å². The molecular formula is C24H38O. The van der Waals surface area contributed by atoms with Crippen LogP contribution in [0, 0.1) is 17.8 Å². The highest BCUT2D eigenvalue weighted by molar-refractivity contribution is 5.22. The zero-order chi connectivity index (χ0) is 17.5. The van der Waals surface area contributed by atoms with Crippen molar-refractivity contribution in [1.82, 2.24) is 0 Å². The van der Waals surface area contributed by atoms with Gasteiger partial charge in [-0.1, -0.05) is 57.4 Å². The third kappa shape index (κ3) is 5.58. The second-order valence-corrected chi connectivity index (χ2v) is 8.59. The second-order valence-electron chi connectivity index (χ2n) is 8.59. The highest BCUT2D eigenvalue weighted by atomic mass is 16.5. The normalized spacial score (nSPS) is 30.3. The van der Waals surface area contributed by atoms with Gasteiger partial charge < -0.3 is 4.74 Å². The Balaban J connectivity index is 1.36. The van der Waals surface area contributed by atoms with Gasteiger partial charge in [-0.3, -0.25) is 0 Å². The molecule has 2 unspecified atom stereocenters. The lowest BCUT2D eigenvalue weighted by Gasteiger charge is -2.37. The molecule has 1 saturated heterocycles. The number of hydrogen-bond acceptors (Lipinski definition) is 1. The van der Waals surface area contributed by atoms with Crippen LogP contribution in [0.3, 0.4) is 0 Å². The Hall–Kier alpha value is -0.820. The van der Waals surface area contributed by atoms with Crippen LogP contribution >= 0.6 is 0 Å². The van der Waals surface area contributed by atoms with Gasteiger partial charge in [0.2, 0.25) is 0 Å². The molecule has 1 heterocycles.